The molecule has 0 aliphatic rings. The molecule has 0 radical (unpaired) electrons. The average Bonchev–Trinajstić information content (AvgIpc) is 2.63. The van der Waals surface area contributed by atoms with Crippen molar-refractivity contribution >= 4 is 62.4 Å². The molecule has 2 aromatic carbocycles. The van der Waals surface area contributed by atoms with Gasteiger partial charge in [0.2, 0.25) is 10.0 Å². The Morgan fingerprint density at radius 2 is 1.71 bits per heavy atom. The van der Waals surface area contributed by atoms with Gasteiger partial charge >= 0.3 is 5.97 Å². The van der Waals surface area contributed by atoms with Crippen LogP contribution in [-0.2, 0) is 19.6 Å². The van der Waals surface area contributed by atoms with Crippen molar-refractivity contribution in [2.45, 2.75) is 17.9 Å². The Morgan fingerprint density at radius 1 is 1.04 bits per heavy atom. The van der Waals surface area contributed by atoms with Crippen LogP contribution in [0.1, 0.15) is 17.3 Å². The Kier molecular flexibility index (Phi) is 7.30. The maximum atomic E-state index is 12.3. The zero-order valence-electron chi connectivity index (χ0n) is 14.6. The molecule has 0 bridgehead atoms. The third-order valence-corrected chi connectivity index (χ3v) is 6.01. The van der Waals surface area contributed by atoms with Gasteiger partial charge in [0.05, 0.1) is 21.3 Å². The fourth-order valence-electron chi connectivity index (χ4n) is 2.05. The molecule has 7 nitrogen and oxygen atoms in total. The lowest BCUT2D eigenvalue weighted by atomic mass is 10.2. The summed E-state index contributed by atoms with van der Waals surface area (Å²) in [4.78, 5) is 24.3. The van der Waals surface area contributed by atoms with E-state index in [1.807, 2.05) is 0 Å². The minimum Gasteiger partial charge on any atom is -0.449 e. The SMILES string of the molecule is CNS(=O)(=O)c1cc(C(=O)OC(C)C(=O)Nc2ccc(Cl)cc2Cl)ccc1Cl. The van der Waals surface area contributed by atoms with E-state index in [0.29, 0.717) is 10.7 Å². The van der Waals surface area contributed by atoms with Crippen LogP contribution in [0.4, 0.5) is 5.69 Å². The summed E-state index contributed by atoms with van der Waals surface area (Å²) < 4.78 is 31.1. The largest absolute Gasteiger partial charge is 0.449 e. The second-order valence-corrected chi connectivity index (χ2v) is 8.62. The van der Waals surface area contributed by atoms with Crippen LogP contribution in [0.2, 0.25) is 15.1 Å². The predicted molar refractivity (Wildman–Crippen MR) is 108 cm³/mol. The number of halogens is 3. The second-order valence-electron chi connectivity index (χ2n) is 5.51. The first kappa shape index (κ1) is 22.4. The lowest BCUT2D eigenvalue weighted by Crippen LogP contribution is -2.30. The van der Waals surface area contributed by atoms with Crippen LogP contribution in [0, 0.1) is 0 Å². The molecule has 1 atom stereocenters. The van der Waals surface area contributed by atoms with Crippen molar-refractivity contribution in [3.8, 4) is 0 Å². The minimum atomic E-state index is -3.87. The molecule has 0 fully saturated rings. The molecular formula is C17H15Cl3N2O5S. The first-order valence-electron chi connectivity index (χ1n) is 7.75. The highest BCUT2D eigenvalue weighted by Crippen LogP contribution is 2.26. The molecular weight excluding hydrogens is 451 g/mol. The van der Waals surface area contributed by atoms with E-state index in [1.54, 1.807) is 0 Å². The third-order valence-electron chi connectivity index (χ3n) is 3.57. The molecule has 0 aromatic heterocycles. The van der Waals surface area contributed by atoms with E-state index in [2.05, 4.69) is 10.0 Å². The van der Waals surface area contributed by atoms with Crippen LogP contribution in [0.25, 0.3) is 0 Å². The standard InChI is InChI=1S/C17H15Cl3N2O5S/c1-9(16(23)22-14-6-4-11(18)8-13(14)20)27-17(24)10-3-5-12(19)15(7-10)28(25,26)21-2/h3-9,21H,1-2H3,(H,22,23). The lowest BCUT2D eigenvalue weighted by molar-refractivity contribution is -0.123. The number of sulfonamides is 1. The van der Waals surface area contributed by atoms with Crippen molar-refractivity contribution in [2.75, 3.05) is 12.4 Å². The number of rotatable bonds is 6. The van der Waals surface area contributed by atoms with Crippen molar-refractivity contribution in [3.05, 3.63) is 57.0 Å². The maximum Gasteiger partial charge on any atom is 0.338 e. The van der Waals surface area contributed by atoms with Crippen LogP contribution in [0.3, 0.4) is 0 Å². The predicted octanol–water partition coefficient (Wildman–Crippen LogP) is 3.74. The van der Waals surface area contributed by atoms with Gasteiger partial charge in [0.1, 0.15) is 4.90 Å². The summed E-state index contributed by atoms with van der Waals surface area (Å²) in [7, 11) is -2.66. The molecule has 0 heterocycles. The number of esters is 1. The van der Waals surface area contributed by atoms with Gasteiger partial charge < -0.3 is 10.1 Å². The summed E-state index contributed by atoms with van der Waals surface area (Å²) in [6.45, 7) is 1.36. The first-order chi connectivity index (χ1) is 13.0. The number of carbonyl (C=O) groups is 2. The van der Waals surface area contributed by atoms with Crippen LogP contribution in [-0.4, -0.2) is 33.4 Å². The van der Waals surface area contributed by atoms with E-state index < -0.39 is 28.0 Å². The molecule has 2 rings (SSSR count). The van der Waals surface area contributed by atoms with Gasteiger partial charge in [-0.1, -0.05) is 34.8 Å². The van der Waals surface area contributed by atoms with Crippen molar-refractivity contribution in [1.82, 2.24) is 4.72 Å². The Morgan fingerprint density at radius 3 is 2.32 bits per heavy atom. The topological polar surface area (TPSA) is 102 Å². The van der Waals surface area contributed by atoms with Crippen LogP contribution in [0.5, 0.6) is 0 Å². The Labute approximate surface area is 177 Å². The van der Waals surface area contributed by atoms with Gasteiger partial charge in [-0.15, -0.1) is 0 Å². The van der Waals surface area contributed by atoms with Crippen molar-refractivity contribution in [1.29, 1.82) is 0 Å². The Bertz CT molecular complexity index is 1030. The fraction of sp³-hybridized carbons (Fsp3) is 0.176. The van der Waals surface area contributed by atoms with Gasteiger partial charge in [-0.2, -0.15) is 0 Å². The molecule has 0 spiro atoms. The van der Waals surface area contributed by atoms with Gasteiger partial charge in [0.25, 0.3) is 5.91 Å². The highest BCUT2D eigenvalue weighted by atomic mass is 35.5. The van der Waals surface area contributed by atoms with E-state index in [4.69, 9.17) is 39.5 Å². The molecule has 1 amide bonds. The number of ether oxygens (including phenoxy) is 1. The third kappa shape index (κ3) is 5.36. The highest BCUT2D eigenvalue weighted by Gasteiger charge is 2.23. The minimum absolute atomic E-state index is 0.0610. The lowest BCUT2D eigenvalue weighted by Gasteiger charge is -2.15. The summed E-state index contributed by atoms with van der Waals surface area (Å²) >= 11 is 17.7. The molecule has 2 N–H and O–H groups in total. The monoisotopic (exact) mass is 464 g/mol. The molecule has 0 saturated heterocycles. The normalized spacial score (nSPS) is 12.3. The second kappa shape index (κ2) is 9.11. The summed E-state index contributed by atoms with van der Waals surface area (Å²) in [5.74, 6) is -1.52. The number of hydrogen-bond acceptors (Lipinski definition) is 5. The molecule has 1 unspecified atom stereocenters. The molecule has 0 saturated carbocycles. The summed E-state index contributed by atoms with van der Waals surface area (Å²) in [5, 5.41) is 3.07. The molecule has 28 heavy (non-hydrogen) atoms. The van der Waals surface area contributed by atoms with Crippen molar-refractivity contribution < 1.29 is 22.7 Å². The van der Waals surface area contributed by atoms with Gasteiger partial charge in [-0.05, 0) is 50.4 Å². The van der Waals surface area contributed by atoms with E-state index in [0.717, 1.165) is 6.07 Å². The Balaban J connectivity index is 2.13. The number of amides is 1. The summed E-state index contributed by atoms with van der Waals surface area (Å²) in [6, 6.07) is 8.10. The maximum absolute atomic E-state index is 12.3. The van der Waals surface area contributed by atoms with E-state index in [-0.39, 0.29) is 20.5 Å². The fourth-order valence-corrected chi connectivity index (χ4v) is 3.76. The molecule has 2 aromatic rings. The van der Waals surface area contributed by atoms with Gasteiger partial charge in [0.15, 0.2) is 6.10 Å². The first-order valence-corrected chi connectivity index (χ1v) is 10.4. The zero-order valence-corrected chi connectivity index (χ0v) is 17.7. The summed E-state index contributed by atoms with van der Waals surface area (Å²) in [5.41, 5.74) is 0.218. The van der Waals surface area contributed by atoms with E-state index in [1.165, 1.54) is 44.3 Å². The molecule has 0 aliphatic heterocycles. The van der Waals surface area contributed by atoms with Crippen LogP contribution >= 0.6 is 34.8 Å². The number of hydrogen-bond donors (Lipinski definition) is 2. The van der Waals surface area contributed by atoms with Crippen molar-refractivity contribution in [2.24, 2.45) is 0 Å². The number of carbonyl (C=O) groups excluding carboxylic acids is 2. The smallest absolute Gasteiger partial charge is 0.338 e. The number of nitrogens with one attached hydrogen (secondary N) is 2. The van der Waals surface area contributed by atoms with E-state index in [9.17, 15) is 18.0 Å². The summed E-state index contributed by atoms with van der Waals surface area (Å²) in [6.07, 6.45) is -1.18. The average molecular weight is 466 g/mol. The van der Waals surface area contributed by atoms with E-state index >= 15 is 0 Å². The van der Waals surface area contributed by atoms with Gasteiger partial charge in [-0.25, -0.2) is 17.9 Å². The van der Waals surface area contributed by atoms with Gasteiger partial charge in [-0.3, -0.25) is 4.79 Å². The zero-order chi connectivity index (χ0) is 21.1. The quantitative estimate of drug-likeness (QED) is 0.633. The van der Waals surface area contributed by atoms with Gasteiger partial charge in [0, 0.05) is 5.02 Å². The van der Waals surface area contributed by atoms with Crippen molar-refractivity contribution in [3.63, 3.8) is 0 Å². The molecule has 0 aliphatic carbocycles. The highest BCUT2D eigenvalue weighted by molar-refractivity contribution is 7.89. The number of benzene rings is 2. The Hall–Kier alpha value is -1.84. The molecule has 11 heteroatoms. The molecule has 150 valence electrons. The van der Waals surface area contributed by atoms with Crippen LogP contribution in [0.15, 0.2) is 41.3 Å². The van der Waals surface area contributed by atoms with Crippen LogP contribution < -0.4 is 10.0 Å². The number of anilines is 1.